The van der Waals surface area contributed by atoms with E-state index in [0.29, 0.717) is 0 Å². The lowest BCUT2D eigenvalue weighted by atomic mass is 9.98. The Morgan fingerprint density at radius 1 is 1.44 bits per heavy atom. The molecule has 0 aromatic rings. The van der Waals surface area contributed by atoms with Crippen LogP contribution in [-0.4, -0.2) is 45.8 Å². The van der Waals surface area contributed by atoms with Gasteiger partial charge in [0.05, 0.1) is 0 Å². The van der Waals surface area contributed by atoms with Crippen LogP contribution >= 0.6 is 12.4 Å². The first-order valence-electron chi connectivity index (χ1n) is 5.56. The van der Waals surface area contributed by atoms with Gasteiger partial charge in [-0.3, -0.25) is 4.90 Å². The number of carbonyl (C=O) groups excluding carboxylic acids is 1. The summed E-state index contributed by atoms with van der Waals surface area (Å²) in [6, 6.07) is -0.330. The minimum Gasteiger partial charge on any atom is -0.480 e. The Hall–Kier alpha value is -1.01. The predicted octanol–water partition coefficient (Wildman–Crippen LogP) is 1.22. The van der Waals surface area contributed by atoms with Crippen molar-refractivity contribution in [3.05, 3.63) is 0 Å². The third-order valence-electron chi connectivity index (χ3n) is 2.75. The van der Waals surface area contributed by atoms with E-state index in [-0.39, 0.29) is 31.4 Å². The largest absolute Gasteiger partial charge is 0.480 e. The zero-order chi connectivity index (χ0) is 13.4. The van der Waals surface area contributed by atoms with Gasteiger partial charge in [-0.1, -0.05) is 0 Å². The summed E-state index contributed by atoms with van der Waals surface area (Å²) in [7, 11) is 0. The number of nitrogens with two attached hydrogens (primary N) is 1. The fourth-order valence-electron chi connectivity index (χ4n) is 1.92. The van der Waals surface area contributed by atoms with Crippen LogP contribution in [-0.2, 0) is 9.53 Å². The van der Waals surface area contributed by atoms with E-state index in [0.717, 1.165) is 0 Å². The maximum atomic E-state index is 11.9. The number of carboxylic acid groups (broad SMARTS) is 1. The second-order valence-corrected chi connectivity index (χ2v) is 5.63. The molecule has 1 heterocycles. The first-order valence-corrected chi connectivity index (χ1v) is 5.56. The van der Waals surface area contributed by atoms with E-state index in [1.165, 1.54) is 11.8 Å². The molecule has 0 aromatic heterocycles. The predicted molar refractivity (Wildman–Crippen MR) is 68.8 cm³/mol. The summed E-state index contributed by atoms with van der Waals surface area (Å²) in [4.78, 5) is 24.4. The maximum Gasteiger partial charge on any atom is 0.411 e. The van der Waals surface area contributed by atoms with E-state index in [1.807, 2.05) is 0 Å². The van der Waals surface area contributed by atoms with Gasteiger partial charge >= 0.3 is 12.1 Å². The van der Waals surface area contributed by atoms with Crippen LogP contribution in [0.2, 0.25) is 0 Å². The summed E-state index contributed by atoms with van der Waals surface area (Å²) in [5.41, 5.74) is 3.80. The highest BCUT2D eigenvalue weighted by Crippen LogP contribution is 2.30. The average Bonchev–Trinajstić information content (AvgIpc) is 2.40. The first-order chi connectivity index (χ1) is 7.56. The highest BCUT2D eigenvalue weighted by atomic mass is 35.5. The van der Waals surface area contributed by atoms with E-state index < -0.39 is 23.2 Å². The van der Waals surface area contributed by atoms with Crippen molar-refractivity contribution >= 4 is 24.5 Å². The lowest BCUT2D eigenvalue weighted by molar-refractivity contribution is -0.148. The van der Waals surface area contributed by atoms with Gasteiger partial charge in [-0.2, -0.15) is 0 Å². The van der Waals surface area contributed by atoms with Gasteiger partial charge in [0.1, 0.15) is 11.1 Å². The fourth-order valence-corrected chi connectivity index (χ4v) is 1.92. The van der Waals surface area contributed by atoms with Crippen LogP contribution in [0.3, 0.4) is 0 Å². The Labute approximate surface area is 113 Å². The zero-order valence-electron chi connectivity index (χ0n) is 11.1. The maximum absolute atomic E-state index is 11.9. The molecule has 18 heavy (non-hydrogen) atoms. The van der Waals surface area contributed by atoms with E-state index in [9.17, 15) is 14.7 Å². The van der Waals surface area contributed by atoms with Crippen molar-refractivity contribution in [2.75, 3.05) is 6.54 Å². The van der Waals surface area contributed by atoms with E-state index in [2.05, 4.69) is 0 Å². The van der Waals surface area contributed by atoms with E-state index in [1.54, 1.807) is 20.8 Å². The zero-order valence-corrected chi connectivity index (χ0v) is 11.9. The smallest absolute Gasteiger partial charge is 0.411 e. The molecule has 1 aliphatic heterocycles. The Morgan fingerprint density at radius 2 is 1.94 bits per heavy atom. The van der Waals surface area contributed by atoms with Gasteiger partial charge < -0.3 is 15.6 Å². The molecule has 1 saturated heterocycles. The molecule has 2 atom stereocenters. The SMILES string of the molecule is CC(C)(C)OC(=O)N1C[C@@H](N)C[C@@]1(C)C(=O)O.Cl. The number of ether oxygens (including phenoxy) is 1. The molecule has 0 unspecified atom stereocenters. The standard InChI is InChI=1S/C11H20N2O4.ClH/c1-10(2,3)17-9(16)13-6-7(12)5-11(13,4)8(14)15;/h7H,5-6,12H2,1-4H3,(H,14,15);1H/t7-,11-;/m0./s1. The van der Waals surface area contributed by atoms with Gasteiger partial charge in [-0.05, 0) is 34.1 Å². The summed E-state index contributed by atoms with van der Waals surface area (Å²) in [6.45, 7) is 6.90. The van der Waals surface area contributed by atoms with Gasteiger partial charge in [0.25, 0.3) is 0 Å². The highest BCUT2D eigenvalue weighted by molar-refractivity contribution is 5.85. The van der Waals surface area contributed by atoms with Crippen LogP contribution in [0.25, 0.3) is 0 Å². The van der Waals surface area contributed by atoms with Crippen LogP contribution in [0, 0.1) is 0 Å². The molecule has 0 spiro atoms. The second kappa shape index (κ2) is 5.32. The molecule has 1 fully saturated rings. The molecular weight excluding hydrogens is 260 g/mol. The van der Waals surface area contributed by atoms with Gasteiger partial charge in [0.15, 0.2) is 0 Å². The van der Waals surface area contributed by atoms with Gasteiger partial charge in [-0.25, -0.2) is 9.59 Å². The molecule has 1 amide bonds. The van der Waals surface area contributed by atoms with Crippen molar-refractivity contribution in [1.29, 1.82) is 0 Å². The number of carboxylic acids is 1. The summed E-state index contributed by atoms with van der Waals surface area (Å²) in [5.74, 6) is -1.06. The van der Waals surface area contributed by atoms with Crippen molar-refractivity contribution in [1.82, 2.24) is 4.90 Å². The lowest BCUT2D eigenvalue weighted by Crippen LogP contribution is -2.52. The van der Waals surface area contributed by atoms with Gasteiger partial charge in [-0.15, -0.1) is 12.4 Å². The molecule has 0 radical (unpaired) electrons. The van der Waals surface area contributed by atoms with Crippen LogP contribution in [0.15, 0.2) is 0 Å². The van der Waals surface area contributed by atoms with Crippen LogP contribution < -0.4 is 5.73 Å². The van der Waals surface area contributed by atoms with Crippen molar-refractivity contribution in [2.45, 2.75) is 51.3 Å². The number of carbonyl (C=O) groups is 2. The molecule has 106 valence electrons. The third-order valence-corrected chi connectivity index (χ3v) is 2.75. The van der Waals surface area contributed by atoms with Crippen LogP contribution in [0.1, 0.15) is 34.1 Å². The minimum absolute atomic E-state index is 0. The number of halogens is 1. The van der Waals surface area contributed by atoms with Crippen molar-refractivity contribution in [3.8, 4) is 0 Å². The summed E-state index contributed by atoms with van der Waals surface area (Å²) in [6.07, 6.45) is -0.392. The average molecular weight is 281 g/mol. The molecule has 6 nitrogen and oxygen atoms in total. The number of rotatable bonds is 1. The molecule has 7 heteroatoms. The Morgan fingerprint density at radius 3 is 2.33 bits per heavy atom. The number of amides is 1. The van der Waals surface area contributed by atoms with Crippen molar-refractivity contribution in [3.63, 3.8) is 0 Å². The number of hydrogen-bond donors (Lipinski definition) is 2. The lowest BCUT2D eigenvalue weighted by Gasteiger charge is -2.32. The molecule has 0 aliphatic carbocycles. The highest BCUT2D eigenvalue weighted by Gasteiger charge is 2.50. The molecule has 1 rings (SSSR count). The van der Waals surface area contributed by atoms with E-state index >= 15 is 0 Å². The van der Waals surface area contributed by atoms with Gasteiger partial charge in [0.2, 0.25) is 0 Å². The number of hydrogen-bond acceptors (Lipinski definition) is 4. The van der Waals surface area contributed by atoms with Crippen LogP contribution in [0.4, 0.5) is 4.79 Å². The Kier molecular flexibility index (Phi) is 5.02. The summed E-state index contributed by atoms with van der Waals surface area (Å²) < 4.78 is 5.18. The molecule has 0 saturated carbocycles. The Bertz CT molecular complexity index is 342. The number of likely N-dealkylation sites (tertiary alicyclic amines) is 1. The molecule has 0 aromatic carbocycles. The number of nitrogens with zero attached hydrogens (tertiary/aromatic N) is 1. The molecule has 3 N–H and O–H groups in total. The van der Waals surface area contributed by atoms with E-state index in [4.69, 9.17) is 10.5 Å². The van der Waals surface area contributed by atoms with Crippen molar-refractivity contribution in [2.24, 2.45) is 5.73 Å². The molecule has 1 aliphatic rings. The quantitative estimate of drug-likeness (QED) is 0.753. The van der Waals surface area contributed by atoms with Crippen molar-refractivity contribution < 1.29 is 19.4 Å². The van der Waals surface area contributed by atoms with Gasteiger partial charge in [0, 0.05) is 12.6 Å². The summed E-state index contributed by atoms with van der Waals surface area (Å²) in [5, 5.41) is 9.20. The van der Waals surface area contributed by atoms with Crippen LogP contribution in [0.5, 0.6) is 0 Å². The summed E-state index contributed by atoms with van der Waals surface area (Å²) >= 11 is 0. The molecule has 0 bridgehead atoms. The topological polar surface area (TPSA) is 92.9 Å². The Balaban J connectivity index is 0.00000289. The minimum atomic E-state index is -1.28. The first kappa shape index (κ1) is 17.0. The normalized spacial score (nSPS) is 27.6. The fraction of sp³-hybridized carbons (Fsp3) is 0.818. The second-order valence-electron chi connectivity index (χ2n) is 5.63. The molecular formula is C11H21ClN2O4. The number of aliphatic carboxylic acids is 1. The monoisotopic (exact) mass is 280 g/mol. The third kappa shape index (κ3) is 3.49.